The molecule has 4 aliphatic rings. The number of benzene rings is 2. The van der Waals surface area contributed by atoms with E-state index in [0.29, 0.717) is 35.7 Å². The van der Waals surface area contributed by atoms with Gasteiger partial charge in [0.1, 0.15) is 32.1 Å². The summed E-state index contributed by atoms with van der Waals surface area (Å²) in [5.41, 5.74) is -2.65. The molecule has 0 radical (unpaired) electrons. The first-order valence-corrected chi connectivity index (χ1v) is 22.4. The highest BCUT2D eigenvalue weighted by Gasteiger charge is 2.67. The summed E-state index contributed by atoms with van der Waals surface area (Å²) in [7, 11) is -7.75. The van der Waals surface area contributed by atoms with Gasteiger partial charge in [-0.05, 0) is 128 Å². The number of amides is 3. The summed E-state index contributed by atoms with van der Waals surface area (Å²) in [5, 5.41) is 21.0. The van der Waals surface area contributed by atoms with Crippen molar-refractivity contribution in [2.75, 3.05) is 0 Å². The monoisotopic (exact) mass is 856 g/mol. The van der Waals surface area contributed by atoms with Gasteiger partial charge in [0, 0.05) is 23.2 Å². The maximum Gasteiger partial charge on any atom is 0.408 e. The number of para-hydroxylation sites is 2. The van der Waals surface area contributed by atoms with Crippen molar-refractivity contribution in [1.29, 1.82) is 0 Å². The molecule has 2 aromatic carbocycles. The van der Waals surface area contributed by atoms with Crippen LogP contribution < -0.4 is 20.5 Å². The third kappa shape index (κ3) is 10.2. The first kappa shape index (κ1) is 43.4. The van der Waals surface area contributed by atoms with E-state index in [-0.39, 0.29) is 21.6 Å². The lowest BCUT2D eigenvalue weighted by Crippen LogP contribution is -2.53. The van der Waals surface area contributed by atoms with Crippen molar-refractivity contribution in [1.82, 2.24) is 25.3 Å². The second-order valence-electron chi connectivity index (χ2n) is 17.7. The van der Waals surface area contributed by atoms with E-state index in [1.807, 2.05) is 6.07 Å². The SMILES string of the molecule is CC(C)(C)OC(=O)N[C@]1(C(=O)NS(=O)(=O)c2cccc3cc[nH]c23)C[C@H]1C1CC1.CC(C)(C)OC(=O)N[C@]1(C(=O)O)C[C@H]1C1CC1.NS(=O)(=O)c1cccc2cc[nH]c12. The van der Waals surface area contributed by atoms with Gasteiger partial charge in [-0.3, -0.25) is 4.79 Å². The number of H-pyrrole nitrogens is 2. The molecule has 0 bridgehead atoms. The molecule has 0 spiro atoms. The molecule has 0 saturated heterocycles. The van der Waals surface area contributed by atoms with E-state index in [2.05, 4.69) is 25.3 Å². The maximum atomic E-state index is 13.1. The molecule has 2 heterocycles. The first-order valence-electron chi connectivity index (χ1n) is 19.3. The summed E-state index contributed by atoms with van der Waals surface area (Å²) in [6.07, 6.45) is 7.01. The van der Waals surface area contributed by atoms with Gasteiger partial charge in [-0.15, -0.1) is 0 Å². The number of fused-ring (bicyclic) bond motifs is 2. The Bertz CT molecular complexity index is 2490. The average Bonchev–Trinajstić information content (AvgIpc) is 3.94. The normalized spacial score (nSPS) is 23.7. The Morgan fingerprint density at radius 1 is 0.695 bits per heavy atom. The Balaban J connectivity index is 0.000000165. The molecule has 8 rings (SSSR count). The standard InChI is InChI=1S/C20H25N3O5S.C12H19NO4.C8H8N2O2S/c1-19(2,3)28-18(25)22-20(11-14(20)12-7-8-12)17(24)23-29(26,27)15-6-4-5-13-9-10-21-16(13)15;1-11(2,3)17-10(16)13-12(9(14)15)6-8(12)7-4-5-7;9-13(11,12)7-3-1-2-6-4-5-10-8(6)7/h4-6,9-10,12,14,21H,7-8,11H2,1-3H3,(H,22,25)(H,23,24);7-8H,4-6H2,1-3H3,(H,13,16)(H,14,15);1-5,10H,(H2,9,11,12)/t14-,20+;8-,12+;/m00./s1. The molecule has 320 valence electrons. The minimum Gasteiger partial charge on any atom is -0.479 e. The number of aromatic amines is 2. The number of carbonyl (C=O) groups excluding carboxylic acids is 3. The zero-order chi connectivity index (χ0) is 43.3. The predicted molar refractivity (Wildman–Crippen MR) is 217 cm³/mol. The van der Waals surface area contributed by atoms with Crippen molar-refractivity contribution < 1.29 is 50.6 Å². The summed E-state index contributed by atoms with van der Waals surface area (Å²) in [5.74, 6) is -0.852. The van der Waals surface area contributed by atoms with Crippen LogP contribution in [-0.4, -0.2) is 78.3 Å². The Hall–Kier alpha value is -5.14. The summed E-state index contributed by atoms with van der Waals surface area (Å²) >= 11 is 0. The van der Waals surface area contributed by atoms with Crippen LogP contribution in [0.1, 0.15) is 80.1 Å². The van der Waals surface area contributed by atoms with Crippen molar-refractivity contribution >= 4 is 65.9 Å². The molecular formula is C40H52N6O11S2. The number of primary sulfonamides is 1. The van der Waals surface area contributed by atoms with Gasteiger partial charge in [0.2, 0.25) is 10.0 Å². The van der Waals surface area contributed by atoms with Gasteiger partial charge in [0.15, 0.2) is 0 Å². The largest absolute Gasteiger partial charge is 0.479 e. The number of hydrogen-bond donors (Lipinski definition) is 7. The van der Waals surface area contributed by atoms with E-state index in [1.165, 1.54) is 12.1 Å². The van der Waals surface area contributed by atoms with E-state index in [4.69, 9.17) is 14.6 Å². The fraction of sp³-hybridized carbons (Fsp3) is 0.500. The molecule has 4 atom stereocenters. The third-order valence-electron chi connectivity index (χ3n) is 10.6. The molecule has 4 saturated carbocycles. The number of aromatic nitrogens is 2. The van der Waals surface area contributed by atoms with Crippen LogP contribution in [0.5, 0.6) is 0 Å². The smallest absolute Gasteiger partial charge is 0.408 e. The highest BCUT2D eigenvalue weighted by Crippen LogP contribution is 2.58. The Kier molecular flexibility index (Phi) is 11.4. The van der Waals surface area contributed by atoms with Crippen molar-refractivity contribution in [3.8, 4) is 0 Å². The van der Waals surface area contributed by atoms with Crippen molar-refractivity contribution in [3.63, 3.8) is 0 Å². The zero-order valence-electron chi connectivity index (χ0n) is 33.7. The van der Waals surface area contributed by atoms with Gasteiger partial charge in [-0.1, -0.05) is 24.3 Å². The van der Waals surface area contributed by atoms with Crippen LogP contribution >= 0.6 is 0 Å². The van der Waals surface area contributed by atoms with Gasteiger partial charge >= 0.3 is 18.2 Å². The first-order chi connectivity index (χ1) is 27.4. The summed E-state index contributed by atoms with van der Waals surface area (Å²) in [6, 6.07) is 13.4. The molecule has 59 heavy (non-hydrogen) atoms. The second-order valence-corrected chi connectivity index (χ2v) is 20.9. The fourth-order valence-corrected chi connectivity index (χ4v) is 9.40. The minimum absolute atomic E-state index is 0.00982. The number of carbonyl (C=O) groups is 4. The average molecular weight is 857 g/mol. The Labute approximate surface area is 342 Å². The molecule has 4 fully saturated rings. The summed E-state index contributed by atoms with van der Waals surface area (Å²) < 4.78 is 60.7. The Morgan fingerprint density at radius 2 is 1.12 bits per heavy atom. The zero-order valence-corrected chi connectivity index (χ0v) is 35.4. The minimum atomic E-state index is -4.12. The van der Waals surface area contributed by atoms with Crippen LogP contribution in [0, 0.1) is 23.7 Å². The Morgan fingerprint density at radius 3 is 1.56 bits per heavy atom. The highest BCUT2D eigenvalue weighted by atomic mass is 32.2. The molecule has 3 amide bonds. The van der Waals surface area contributed by atoms with Crippen LogP contribution in [0.15, 0.2) is 70.7 Å². The van der Waals surface area contributed by atoms with E-state index in [0.717, 1.165) is 36.5 Å². The van der Waals surface area contributed by atoms with Crippen molar-refractivity contribution in [3.05, 3.63) is 60.9 Å². The number of alkyl carbamates (subject to hydrolysis) is 2. The second kappa shape index (κ2) is 15.5. The maximum absolute atomic E-state index is 13.1. The number of carboxylic acid groups (broad SMARTS) is 1. The number of aliphatic carboxylic acids is 1. The number of rotatable bonds is 9. The van der Waals surface area contributed by atoms with Crippen LogP contribution in [-0.2, 0) is 39.1 Å². The number of nitrogens with two attached hydrogens (primary N) is 1. The molecule has 8 N–H and O–H groups in total. The summed E-state index contributed by atoms with van der Waals surface area (Å²) in [4.78, 5) is 54.1. The lowest BCUT2D eigenvalue weighted by Gasteiger charge is -2.24. The molecule has 17 nitrogen and oxygen atoms in total. The third-order valence-corrected chi connectivity index (χ3v) is 12.9. The number of sulfonamides is 2. The topological polar surface area (TPSA) is 269 Å². The van der Waals surface area contributed by atoms with Crippen molar-refractivity contribution in [2.45, 2.75) is 112 Å². The molecule has 19 heteroatoms. The van der Waals surface area contributed by atoms with Crippen LogP contribution in [0.25, 0.3) is 21.8 Å². The molecule has 0 unspecified atom stereocenters. The molecule has 4 aromatic rings. The molecule has 4 aliphatic carbocycles. The van der Waals surface area contributed by atoms with E-state index < -0.39 is 66.4 Å². The number of nitrogens with one attached hydrogen (secondary N) is 5. The van der Waals surface area contributed by atoms with Gasteiger partial charge in [-0.25, -0.2) is 41.1 Å². The van der Waals surface area contributed by atoms with Gasteiger partial charge in [0.25, 0.3) is 15.9 Å². The number of ether oxygens (including phenoxy) is 2. The van der Waals surface area contributed by atoms with Gasteiger partial charge < -0.3 is 35.2 Å². The van der Waals surface area contributed by atoms with Crippen LogP contribution in [0.3, 0.4) is 0 Å². The van der Waals surface area contributed by atoms with E-state index in [1.54, 1.807) is 84.3 Å². The van der Waals surface area contributed by atoms with Gasteiger partial charge in [-0.2, -0.15) is 0 Å². The molecular weight excluding hydrogens is 805 g/mol. The lowest BCUT2D eigenvalue weighted by atomic mass is 10.1. The van der Waals surface area contributed by atoms with E-state index >= 15 is 0 Å². The summed E-state index contributed by atoms with van der Waals surface area (Å²) in [6.45, 7) is 10.5. The highest BCUT2D eigenvalue weighted by molar-refractivity contribution is 7.90. The number of carboxylic acids is 1. The van der Waals surface area contributed by atoms with Crippen LogP contribution in [0.4, 0.5) is 9.59 Å². The molecule has 0 aliphatic heterocycles. The molecule has 2 aromatic heterocycles. The lowest BCUT2D eigenvalue weighted by molar-refractivity contribution is -0.141. The quantitative estimate of drug-likeness (QED) is 0.114. The van der Waals surface area contributed by atoms with Crippen LogP contribution in [0.2, 0.25) is 0 Å². The fourth-order valence-electron chi connectivity index (χ4n) is 7.43. The van der Waals surface area contributed by atoms with Crippen molar-refractivity contribution in [2.24, 2.45) is 28.8 Å². The van der Waals surface area contributed by atoms with Gasteiger partial charge in [0.05, 0.1) is 11.0 Å². The number of hydrogen-bond acceptors (Lipinski definition) is 10. The van der Waals surface area contributed by atoms with E-state index in [9.17, 15) is 41.1 Å². The predicted octanol–water partition coefficient (Wildman–Crippen LogP) is 5.25.